The molecule has 0 atom stereocenters. The van der Waals surface area contributed by atoms with Gasteiger partial charge in [0, 0.05) is 16.0 Å². The molecule has 0 saturated carbocycles. The van der Waals surface area contributed by atoms with Gasteiger partial charge in [-0.15, -0.1) is 0 Å². The summed E-state index contributed by atoms with van der Waals surface area (Å²) < 4.78 is 37.7. The van der Waals surface area contributed by atoms with Crippen molar-refractivity contribution in [2.24, 2.45) is 0 Å². The summed E-state index contributed by atoms with van der Waals surface area (Å²) in [6.07, 6.45) is -4.55. The molecule has 1 heterocycles. The van der Waals surface area contributed by atoms with E-state index in [9.17, 15) is 13.2 Å². The number of nitrogens with two attached hydrogens (primary N) is 1. The van der Waals surface area contributed by atoms with E-state index in [-0.39, 0.29) is 5.03 Å². The largest absolute Gasteiger partial charge is 0.433 e. The van der Waals surface area contributed by atoms with Crippen molar-refractivity contribution < 1.29 is 13.2 Å². The second-order valence-corrected chi connectivity index (χ2v) is 5.03. The van der Waals surface area contributed by atoms with Gasteiger partial charge in [0.25, 0.3) is 0 Å². The zero-order valence-corrected chi connectivity index (χ0v) is 10.9. The first kappa shape index (κ1) is 14.0. The van der Waals surface area contributed by atoms with Gasteiger partial charge in [0.2, 0.25) is 5.95 Å². The quantitative estimate of drug-likeness (QED) is 0.855. The fraction of sp³-hybridized carbons (Fsp3) is 0.0909. The lowest BCUT2D eigenvalue weighted by atomic mass is 10.4. The van der Waals surface area contributed by atoms with Gasteiger partial charge in [0.1, 0.15) is 5.03 Å². The van der Waals surface area contributed by atoms with Crippen molar-refractivity contribution >= 4 is 29.3 Å². The topological polar surface area (TPSA) is 51.8 Å². The number of nitrogen functional groups attached to an aromatic ring is 1. The predicted octanol–water partition coefficient (Wildman–Crippen LogP) is 3.88. The number of hydrogen-bond donors (Lipinski definition) is 1. The summed E-state index contributed by atoms with van der Waals surface area (Å²) in [6.45, 7) is 0. The fourth-order valence-electron chi connectivity index (χ4n) is 1.26. The van der Waals surface area contributed by atoms with Crippen molar-refractivity contribution in [2.75, 3.05) is 5.73 Å². The molecule has 0 aliphatic carbocycles. The number of alkyl halides is 3. The van der Waals surface area contributed by atoms with E-state index >= 15 is 0 Å². The predicted molar refractivity (Wildman–Crippen MR) is 67.0 cm³/mol. The van der Waals surface area contributed by atoms with Gasteiger partial charge < -0.3 is 5.73 Å². The monoisotopic (exact) mass is 305 g/mol. The minimum Gasteiger partial charge on any atom is -0.368 e. The normalized spacial score (nSPS) is 11.6. The number of benzene rings is 1. The minimum atomic E-state index is -4.55. The van der Waals surface area contributed by atoms with E-state index in [2.05, 4.69) is 9.97 Å². The van der Waals surface area contributed by atoms with Gasteiger partial charge in [0.05, 0.1) is 0 Å². The van der Waals surface area contributed by atoms with E-state index in [4.69, 9.17) is 17.3 Å². The zero-order chi connectivity index (χ0) is 14.0. The number of aromatic nitrogens is 2. The van der Waals surface area contributed by atoms with Crippen molar-refractivity contribution in [3.05, 3.63) is 41.0 Å². The molecular formula is C11H7ClF3N3S. The highest BCUT2D eigenvalue weighted by atomic mass is 35.5. The Morgan fingerprint density at radius 2 is 1.74 bits per heavy atom. The molecule has 19 heavy (non-hydrogen) atoms. The molecule has 1 aromatic heterocycles. The maximum Gasteiger partial charge on any atom is 0.433 e. The third-order valence-electron chi connectivity index (χ3n) is 2.05. The zero-order valence-electron chi connectivity index (χ0n) is 9.28. The standard InChI is InChI=1S/C11H7ClF3N3S/c12-6-1-3-7(4-2-6)19-9-5-8(11(13,14)15)17-10(16)18-9/h1-5H,(H2,16,17,18). The maximum atomic E-state index is 12.6. The number of nitrogens with zero attached hydrogens (tertiary/aromatic N) is 2. The Hall–Kier alpha value is -1.47. The third-order valence-corrected chi connectivity index (χ3v) is 3.22. The minimum absolute atomic E-state index is 0.127. The highest BCUT2D eigenvalue weighted by Crippen LogP contribution is 2.33. The summed E-state index contributed by atoms with van der Waals surface area (Å²) in [7, 11) is 0. The van der Waals surface area contributed by atoms with Crippen LogP contribution in [0.2, 0.25) is 5.02 Å². The molecule has 1 aromatic carbocycles. The second-order valence-electron chi connectivity index (χ2n) is 3.50. The van der Waals surface area contributed by atoms with Crippen LogP contribution in [0.1, 0.15) is 5.69 Å². The summed E-state index contributed by atoms with van der Waals surface area (Å²) in [5.74, 6) is -0.411. The van der Waals surface area contributed by atoms with E-state index in [1.165, 1.54) is 0 Å². The molecule has 0 radical (unpaired) electrons. The molecule has 2 rings (SSSR count). The highest BCUT2D eigenvalue weighted by molar-refractivity contribution is 7.99. The summed E-state index contributed by atoms with van der Waals surface area (Å²) >= 11 is 6.77. The summed E-state index contributed by atoms with van der Waals surface area (Å²) in [6, 6.07) is 7.49. The maximum absolute atomic E-state index is 12.6. The number of rotatable bonds is 2. The van der Waals surface area contributed by atoms with Crippen molar-refractivity contribution in [1.29, 1.82) is 0 Å². The van der Waals surface area contributed by atoms with Crippen LogP contribution in [0.5, 0.6) is 0 Å². The van der Waals surface area contributed by atoms with Crippen LogP contribution in [0.3, 0.4) is 0 Å². The molecule has 0 aliphatic rings. The van der Waals surface area contributed by atoms with Gasteiger partial charge in [-0.2, -0.15) is 13.2 Å². The molecule has 0 bridgehead atoms. The summed E-state index contributed by atoms with van der Waals surface area (Å²) in [5, 5.41) is 0.671. The van der Waals surface area contributed by atoms with E-state index in [0.717, 1.165) is 17.8 Å². The average Bonchev–Trinajstić information content (AvgIpc) is 2.30. The average molecular weight is 306 g/mol. The molecule has 0 saturated heterocycles. The van der Waals surface area contributed by atoms with Crippen molar-refractivity contribution in [3.8, 4) is 0 Å². The lowest BCUT2D eigenvalue weighted by Crippen LogP contribution is -2.11. The molecule has 0 fully saturated rings. The Morgan fingerprint density at radius 1 is 1.11 bits per heavy atom. The van der Waals surface area contributed by atoms with Crippen LogP contribution >= 0.6 is 23.4 Å². The summed E-state index contributed by atoms with van der Waals surface area (Å²) in [5.41, 5.74) is 4.22. The van der Waals surface area contributed by atoms with Crippen LogP contribution < -0.4 is 5.73 Å². The smallest absolute Gasteiger partial charge is 0.368 e. The Bertz CT molecular complexity index is 587. The molecule has 8 heteroatoms. The summed E-state index contributed by atoms with van der Waals surface area (Å²) in [4.78, 5) is 7.63. The number of hydrogen-bond acceptors (Lipinski definition) is 4. The van der Waals surface area contributed by atoms with Gasteiger partial charge in [-0.25, -0.2) is 9.97 Å². The van der Waals surface area contributed by atoms with Crippen LogP contribution in [-0.2, 0) is 6.18 Å². The Morgan fingerprint density at radius 3 is 2.32 bits per heavy atom. The van der Waals surface area contributed by atoms with E-state index in [0.29, 0.717) is 9.92 Å². The second kappa shape index (κ2) is 5.26. The van der Waals surface area contributed by atoms with Gasteiger partial charge >= 0.3 is 6.18 Å². The van der Waals surface area contributed by atoms with Crippen LogP contribution in [-0.4, -0.2) is 9.97 Å². The molecule has 0 unspecified atom stereocenters. The first-order chi connectivity index (χ1) is 8.84. The van der Waals surface area contributed by atoms with Crippen molar-refractivity contribution in [1.82, 2.24) is 9.97 Å². The number of halogens is 4. The van der Waals surface area contributed by atoms with Gasteiger partial charge in [0.15, 0.2) is 5.69 Å². The molecule has 0 spiro atoms. The molecular weight excluding hydrogens is 299 g/mol. The first-order valence-electron chi connectivity index (χ1n) is 5.00. The molecule has 0 aliphatic heterocycles. The van der Waals surface area contributed by atoms with Crippen molar-refractivity contribution in [2.45, 2.75) is 16.1 Å². The molecule has 3 nitrogen and oxygen atoms in total. The Kier molecular flexibility index (Phi) is 3.86. The van der Waals surface area contributed by atoms with E-state index in [1.807, 2.05) is 0 Å². The first-order valence-corrected chi connectivity index (χ1v) is 6.19. The van der Waals surface area contributed by atoms with Crippen LogP contribution in [0.4, 0.5) is 19.1 Å². The number of anilines is 1. The van der Waals surface area contributed by atoms with Crippen LogP contribution in [0.25, 0.3) is 0 Å². The molecule has 100 valence electrons. The molecule has 0 amide bonds. The van der Waals surface area contributed by atoms with Crippen molar-refractivity contribution in [3.63, 3.8) is 0 Å². The van der Waals surface area contributed by atoms with Gasteiger partial charge in [-0.1, -0.05) is 23.4 Å². The Labute approximate surface area is 116 Å². The molecule has 2 N–H and O–H groups in total. The van der Waals surface area contributed by atoms with Crippen LogP contribution in [0.15, 0.2) is 40.3 Å². The van der Waals surface area contributed by atoms with Gasteiger partial charge in [-0.3, -0.25) is 0 Å². The Balaban J connectivity index is 2.30. The van der Waals surface area contributed by atoms with E-state index < -0.39 is 17.8 Å². The lowest BCUT2D eigenvalue weighted by molar-refractivity contribution is -0.141. The third kappa shape index (κ3) is 3.74. The van der Waals surface area contributed by atoms with E-state index in [1.54, 1.807) is 24.3 Å². The van der Waals surface area contributed by atoms with Gasteiger partial charge in [-0.05, 0) is 24.3 Å². The molecule has 2 aromatic rings. The fourth-order valence-corrected chi connectivity index (χ4v) is 2.21. The lowest BCUT2D eigenvalue weighted by Gasteiger charge is -2.08. The highest BCUT2D eigenvalue weighted by Gasteiger charge is 2.33. The van der Waals surface area contributed by atoms with Crippen LogP contribution in [0, 0.1) is 0 Å². The SMILES string of the molecule is Nc1nc(Sc2ccc(Cl)cc2)cc(C(F)(F)F)n1.